The van der Waals surface area contributed by atoms with E-state index in [2.05, 4.69) is 10.5 Å². The molecule has 1 heterocycles. The quantitative estimate of drug-likeness (QED) is 0.349. The van der Waals surface area contributed by atoms with Crippen molar-refractivity contribution in [2.75, 3.05) is 5.32 Å². The van der Waals surface area contributed by atoms with Gasteiger partial charge in [-0.15, -0.1) is 0 Å². The second-order valence-electron chi connectivity index (χ2n) is 5.30. The van der Waals surface area contributed by atoms with E-state index in [-0.39, 0.29) is 23.5 Å². The van der Waals surface area contributed by atoms with E-state index in [1.807, 2.05) is 0 Å². The summed E-state index contributed by atoms with van der Waals surface area (Å²) in [6, 6.07) is 7.49. The molecular weight excluding hydrogens is 342 g/mol. The van der Waals surface area contributed by atoms with Gasteiger partial charge in [0.05, 0.1) is 10.5 Å². The lowest BCUT2D eigenvalue weighted by molar-refractivity contribution is -0.385. The molecule has 0 bridgehead atoms. The van der Waals surface area contributed by atoms with Crippen LogP contribution < -0.4 is 5.32 Å². The summed E-state index contributed by atoms with van der Waals surface area (Å²) < 4.78 is 9.94. The van der Waals surface area contributed by atoms with Crippen LogP contribution in [0.25, 0.3) is 6.08 Å². The Morgan fingerprint density at radius 3 is 2.77 bits per heavy atom. The molecule has 0 aliphatic heterocycles. The van der Waals surface area contributed by atoms with Crippen molar-refractivity contribution in [1.82, 2.24) is 5.16 Å². The fourth-order valence-corrected chi connectivity index (χ4v) is 2.09. The SMILES string of the molecule is CCC(OC(=O)/C=C/c1ccccc1[N+](=O)[O-])C(=O)Nc1cc(C)on1. The van der Waals surface area contributed by atoms with Crippen LogP contribution in [0.5, 0.6) is 0 Å². The molecule has 1 N–H and O–H groups in total. The minimum absolute atomic E-state index is 0.136. The number of aryl methyl sites for hydroxylation is 1. The molecule has 0 saturated heterocycles. The molecule has 0 radical (unpaired) electrons. The smallest absolute Gasteiger partial charge is 0.331 e. The number of nitrogens with zero attached hydrogens (tertiary/aromatic N) is 2. The molecule has 1 aromatic heterocycles. The van der Waals surface area contributed by atoms with E-state index in [9.17, 15) is 19.7 Å². The summed E-state index contributed by atoms with van der Waals surface area (Å²) in [5, 5.41) is 17.1. The Balaban J connectivity index is 2.00. The van der Waals surface area contributed by atoms with E-state index in [1.54, 1.807) is 19.9 Å². The van der Waals surface area contributed by atoms with Crippen molar-refractivity contribution >= 4 is 29.5 Å². The van der Waals surface area contributed by atoms with E-state index >= 15 is 0 Å². The second kappa shape index (κ2) is 8.56. The van der Waals surface area contributed by atoms with Gasteiger partial charge >= 0.3 is 5.97 Å². The van der Waals surface area contributed by atoms with Crippen LogP contribution in [-0.4, -0.2) is 28.1 Å². The van der Waals surface area contributed by atoms with E-state index < -0.39 is 22.9 Å². The second-order valence-corrected chi connectivity index (χ2v) is 5.30. The standard InChI is InChI=1S/C17H17N3O6/c1-3-14(17(22)18-15-10-11(2)26-19-15)25-16(21)9-8-12-6-4-5-7-13(12)20(23)24/h4-10,14H,3H2,1-2H3,(H,18,19,22)/b9-8+. The number of hydrogen-bond donors (Lipinski definition) is 1. The molecular formula is C17H17N3O6. The Kier molecular flexibility index (Phi) is 6.20. The van der Waals surface area contributed by atoms with Gasteiger partial charge in [-0.3, -0.25) is 14.9 Å². The number of hydrogen-bond acceptors (Lipinski definition) is 7. The predicted octanol–water partition coefficient (Wildman–Crippen LogP) is 2.86. The summed E-state index contributed by atoms with van der Waals surface area (Å²) in [7, 11) is 0. The highest BCUT2D eigenvalue weighted by molar-refractivity contribution is 5.96. The van der Waals surface area contributed by atoms with Gasteiger partial charge in [-0.2, -0.15) is 0 Å². The van der Waals surface area contributed by atoms with Crippen LogP contribution in [0.15, 0.2) is 40.9 Å². The van der Waals surface area contributed by atoms with Crippen LogP contribution in [0.4, 0.5) is 11.5 Å². The number of nitro groups is 1. The Bertz CT molecular complexity index is 843. The third-order valence-corrected chi connectivity index (χ3v) is 3.33. The van der Waals surface area contributed by atoms with Crippen LogP contribution in [0, 0.1) is 17.0 Å². The van der Waals surface area contributed by atoms with Gasteiger partial charge in [-0.1, -0.05) is 24.2 Å². The number of benzene rings is 1. The largest absolute Gasteiger partial charge is 0.449 e. The Morgan fingerprint density at radius 2 is 2.15 bits per heavy atom. The van der Waals surface area contributed by atoms with Gasteiger partial charge in [-0.05, 0) is 25.5 Å². The number of esters is 1. The van der Waals surface area contributed by atoms with Crippen LogP contribution in [0.2, 0.25) is 0 Å². The molecule has 1 aromatic carbocycles. The number of carbonyl (C=O) groups excluding carboxylic acids is 2. The van der Waals surface area contributed by atoms with Gasteiger partial charge in [0.15, 0.2) is 11.9 Å². The van der Waals surface area contributed by atoms with Crippen molar-refractivity contribution < 1.29 is 23.8 Å². The van der Waals surface area contributed by atoms with Crippen LogP contribution in [0.1, 0.15) is 24.7 Å². The lowest BCUT2D eigenvalue weighted by atomic mass is 10.1. The van der Waals surface area contributed by atoms with E-state index in [0.717, 1.165) is 6.08 Å². The first-order valence-electron chi connectivity index (χ1n) is 7.77. The molecule has 26 heavy (non-hydrogen) atoms. The summed E-state index contributed by atoms with van der Waals surface area (Å²) in [5.74, 6) is -0.593. The number of nitrogens with one attached hydrogen (secondary N) is 1. The molecule has 1 atom stereocenters. The lowest BCUT2D eigenvalue weighted by Crippen LogP contribution is -2.31. The molecule has 0 saturated carbocycles. The summed E-state index contributed by atoms with van der Waals surface area (Å²) >= 11 is 0. The van der Waals surface area contributed by atoms with E-state index in [4.69, 9.17) is 9.26 Å². The zero-order valence-corrected chi connectivity index (χ0v) is 14.2. The maximum absolute atomic E-state index is 12.1. The van der Waals surface area contributed by atoms with Crippen LogP contribution >= 0.6 is 0 Å². The maximum atomic E-state index is 12.1. The summed E-state index contributed by atoms with van der Waals surface area (Å²) in [4.78, 5) is 34.5. The number of para-hydroxylation sites is 1. The first kappa shape index (κ1) is 18.8. The minimum Gasteiger partial charge on any atom is -0.449 e. The predicted molar refractivity (Wildman–Crippen MR) is 92.2 cm³/mol. The molecule has 0 aliphatic carbocycles. The number of ether oxygens (including phenoxy) is 1. The first-order chi connectivity index (χ1) is 12.4. The molecule has 0 fully saturated rings. The number of rotatable bonds is 7. The number of nitro benzene ring substituents is 1. The molecule has 1 amide bonds. The molecule has 9 heteroatoms. The van der Waals surface area contributed by atoms with Gasteiger partial charge in [0, 0.05) is 18.2 Å². The summed E-state index contributed by atoms with van der Waals surface area (Å²) in [6.07, 6.45) is 1.52. The normalized spacial score (nSPS) is 11.9. The molecule has 1 unspecified atom stereocenters. The third-order valence-electron chi connectivity index (χ3n) is 3.33. The Morgan fingerprint density at radius 1 is 1.42 bits per heavy atom. The average Bonchev–Trinajstić information content (AvgIpc) is 3.02. The lowest BCUT2D eigenvalue weighted by Gasteiger charge is -2.13. The summed E-state index contributed by atoms with van der Waals surface area (Å²) in [5.41, 5.74) is 0.118. The molecule has 136 valence electrons. The minimum atomic E-state index is -1.03. The van der Waals surface area contributed by atoms with Crippen molar-refractivity contribution in [2.24, 2.45) is 0 Å². The zero-order valence-electron chi connectivity index (χ0n) is 14.2. The maximum Gasteiger partial charge on any atom is 0.331 e. The van der Waals surface area contributed by atoms with Crippen molar-refractivity contribution in [1.29, 1.82) is 0 Å². The van der Waals surface area contributed by atoms with Crippen LogP contribution in [0.3, 0.4) is 0 Å². The number of aromatic nitrogens is 1. The monoisotopic (exact) mass is 359 g/mol. The Labute approximate surface area is 148 Å². The number of anilines is 1. The average molecular weight is 359 g/mol. The highest BCUT2D eigenvalue weighted by atomic mass is 16.6. The van der Waals surface area contributed by atoms with E-state index in [1.165, 1.54) is 30.3 Å². The number of carbonyl (C=O) groups is 2. The fourth-order valence-electron chi connectivity index (χ4n) is 2.09. The topological polar surface area (TPSA) is 125 Å². The number of amides is 1. The molecule has 9 nitrogen and oxygen atoms in total. The van der Waals surface area contributed by atoms with Crippen molar-refractivity contribution in [2.45, 2.75) is 26.4 Å². The van der Waals surface area contributed by atoms with Gasteiger partial charge in [0.25, 0.3) is 11.6 Å². The third kappa shape index (κ3) is 5.00. The van der Waals surface area contributed by atoms with E-state index in [0.29, 0.717) is 5.76 Å². The highest BCUT2D eigenvalue weighted by Crippen LogP contribution is 2.19. The fraction of sp³-hybridized carbons (Fsp3) is 0.235. The van der Waals surface area contributed by atoms with Crippen molar-refractivity contribution in [3.05, 3.63) is 57.8 Å². The van der Waals surface area contributed by atoms with Gasteiger partial charge in [-0.25, -0.2) is 4.79 Å². The van der Waals surface area contributed by atoms with Gasteiger partial charge in [0.1, 0.15) is 5.76 Å². The summed E-state index contributed by atoms with van der Waals surface area (Å²) in [6.45, 7) is 3.35. The molecule has 2 rings (SSSR count). The van der Waals surface area contributed by atoms with Gasteiger partial charge in [0.2, 0.25) is 0 Å². The molecule has 2 aromatic rings. The first-order valence-corrected chi connectivity index (χ1v) is 7.77. The Hall–Kier alpha value is -3.49. The van der Waals surface area contributed by atoms with Gasteiger partial charge < -0.3 is 14.6 Å². The van der Waals surface area contributed by atoms with Crippen molar-refractivity contribution in [3.8, 4) is 0 Å². The molecule has 0 spiro atoms. The highest BCUT2D eigenvalue weighted by Gasteiger charge is 2.21. The van der Waals surface area contributed by atoms with Crippen molar-refractivity contribution in [3.63, 3.8) is 0 Å². The molecule has 0 aliphatic rings. The van der Waals surface area contributed by atoms with Crippen LogP contribution in [-0.2, 0) is 14.3 Å². The zero-order chi connectivity index (χ0) is 19.1.